The first-order valence-electron chi connectivity index (χ1n) is 11.0. The van der Waals surface area contributed by atoms with Crippen LogP contribution in [0, 0.1) is 0 Å². The van der Waals surface area contributed by atoms with Crippen LogP contribution in [0.2, 0.25) is 0 Å². The van der Waals surface area contributed by atoms with Crippen molar-refractivity contribution < 1.29 is 8.42 Å². The van der Waals surface area contributed by atoms with E-state index in [1.54, 1.807) is 30.3 Å². The van der Waals surface area contributed by atoms with E-state index in [0.29, 0.717) is 5.82 Å². The molecule has 1 aromatic heterocycles. The third kappa shape index (κ3) is 5.87. The number of sulfonamides is 1. The summed E-state index contributed by atoms with van der Waals surface area (Å²) in [5.74, 6) is 1.54. The van der Waals surface area contributed by atoms with Crippen LogP contribution in [0.1, 0.15) is 17.2 Å². The van der Waals surface area contributed by atoms with Crippen LogP contribution in [-0.4, -0.2) is 61.8 Å². The predicted molar refractivity (Wildman–Crippen MR) is 130 cm³/mol. The Hall–Kier alpha value is -3.01. The van der Waals surface area contributed by atoms with Gasteiger partial charge in [-0.15, -0.1) is 10.2 Å². The lowest BCUT2D eigenvalue weighted by Gasteiger charge is -2.17. The molecule has 0 radical (unpaired) electrons. The SMILES string of the molecule is CN(C)c1ccc(/C=C/CN2CCc3nnc(CNS(=O)(=O)c4ccccc4)n3CC2)cc1. The van der Waals surface area contributed by atoms with E-state index in [9.17, 15) is 8.42 Å². The average molecular weight is 467 g/mol. The molecular formula is C24H30N6O2S. The summed E-state index contributed by atoms with van der Waals surface area (Å²) >= 11 is 0. The molecule has 1 aliphatic rings. The summed E-state index contributed by atoms with van der Waals surface area (Å²) in [6.07, 6.45) is 5.11. The van der Waals surface area contributed by atoms with Gasteiger partial charge in [0.25, 0.3) is 0 Å². The molecule has 4 rings (SSSR count). The van der Waals surface area contributed by atoms with Gasteiger partial charge in [-0.1, -0.05) is 42.5 Å². The number of rotatable bonds is 8. The maximum absolute atomic E-state index is 12.5. The molecule has 0 amide bonds. The van der Waals surface area contributed by atoms with Crippen LogP contribution in [0.4, 0.5) is 5.69 Å². The van der Waals surface area contributed by atoms with Crippen LogP contribution in [-0.2, 0) is 29.5 Å². The molecule has 9 heteroatoms. The zero-order chi connectivity index (χ0) is 23.3. The Balaban J connectivity index is 1.32. The summed E-state index contributed by atoms with van der Waals surface area (Å²) in [7, 11) is 0.490. The Morgan fingerprint density at radius 1 is 1.00 bits per heavy atom. The molecule has 8 nitrogen and oxygen atoms in total. The maximum Gasteiger partial charge on any atom is 0.240 e. The Morgan fingerprint density at radius 3 is 2.48 bits per heavy atom. The number of hydrogen-bond acceptors (Lipinski definition) is 6. The van der Waals surface area contributed by atoms with E-state index in [0.717, 1.165) is 38.4 Å². The number of nitrogens with zero attached hydrogens (tertiary/aromatic N) is 5. The first-order valence-corrected chi connectivity index (χ1v) is 12.5. The zero-order valence-corrected chi connectivity index (χ0v) is 19.9. The molecule has 0 unspecified atom stereocenters. The Bertz CT molecular complexity index is 1190. The molecule has 0 atom stereocenters. The Kier molecular flexibility index (Phi) is 7.22. The molecule has 33 heavy (non-hydrogen) atoms. The molecule has 174 valence electrons. The molecule has 0 saturated heterocycles. The summed E-state index contributed by atoms with van der Waals surface area (Å²) in [6.45, 7) is 3.44. The van der Waals surface area contributed by atoms with E-state index in [2.05, 4.69) is 61.1 Å². The van der Waals surface area contributed by atoms with Gasteiger partial charge in [-0.2, -0.15) is 0 Å². The van der Waals surface area contributed by atoms with Gasteiger partial charge in [0.2, 0.25) is 10.0 Å². The average Bonchev–Trinajstić information content (AvgIpc) is 3.10. The summed E-state index contributed by atoms with van der Waals surface area (Å²) in [4.78, 5) is 4.70. The molecule has 3 aromatic rings. The number of anilines is 1. The van der Waals surface area contributed by atoms with E-state index in [-0.39, 0.29) is 11.4 Å². The summed E-state index contributed by atoms with van der Waals surface area (Å²) < 4.78 is 29.7. The molecule has 2 aromatic carbocycles. The fourth-order valence-corrected chi connectivity index (χ4v) is 4.81. The number of fused-ring (bicyclic) bond motifs is 1. The van der Waals surface area contributed by atoms with Crippen LogP contribution < -0.4 is 9.62 Å². The third-order valence-electron chi connectivity index (χ3n) is 5.75. The van der Waals surface area contributed by atoms with Crippen molar-refractivity contribution in [3.05, 3.63) is 77.9 Å². The fraction of sp³-hybridized carbons (Fsp3) is 0.333. The van der Waals surface area contributed by atoms with Gasteiger partial charge < -0.3 is 9.47 Å². The van der Waals surface area contributed by atoms with Crippen LogP contribution in [0.25, 0.3) is 6.08 Å². The lowest BCUT2D eigenvalue weighted by atomic mass is 10.2. The van der Waals surface area contributed by atoms with Crippen molar-refractivity contribution in [3.63, 3.8) is 0 Å². The molecule has 1 aliphatic heterocycles. The van der Waals surface area contributed by atoms with Gasteiger partial charge in [0.1, 0.15) is 11.6 Å². The minimum Gasteiger partial charge on any atom is -0.378 e. The highest BCUT2D eigenvalue weighted by Gasteiger charge is 2.20. The van der Waals surface area contributed by atoms with Crippen LogP contribution in [0.5, 0.6) is 0 Å². The molecule has 0 spiro atoms. The van der Waals surface area contributed by atoms with Crippen molar-refractivity contribution in [2.75, 3.05) is 38.6 Å². The molecular weight excluding hydrogens is 436 g/mol. The van der Waals surface area contributed by atoms with Crippen molar-refractivity contribution >= 4 is 21.8 Å². The second-order valence-electron chi connectivity index (χ2n) is 8.26. The van der Waals surface area contributed by atoms with Gasteiger partial charge in [0, 0.05) is 52.4 Å². The van der Waals surface area contributed by atoms with Crippen LogP contribution in [0.3, 0.4) is 0 Å². The molecule has 0 fully saturated rings. The highest BCUT2D eigenvalue weighted by Crippen LogP contribution is 2.14. The number of nitrogens with one attached hydrogen (secondary N) is 1. The highest BCUT2D eigenvalue weighted by atomic mass is 32.2. The molecule has 0 aliphatic carbocycles. The van der Waals surface area contributed by atoms with Gasteiger partial charge >= 0.3 is 0 Å². The van der Waals surface area contributed by atoms with Crippen LogP contribution in [0.15, 0.2) is 65.6 Å². The first kappa shape index (κ1) is 23.2. The summed E-state index contributed by atoms with van der Waals surface area (Å²) in [6, 6.07) is 16.8. The van der Waals surface area contributed by atoms with E-state index in [1.165, 1.54) is 11.3 Å². The lowest BCUT2D eigenvalue weighted by Crippen LogP contribution is -2.28. The smallest absolute Gasteiger partial charge is 0.240 e. The van der Waals surface area contributed by atoms with Crippen molar-refractivity contribution in [2.24, 2.45) is 0 Å². The van der Waals surface area contributed by atoms with Crippen molar-refractivity contribution in [3.8, 4) is 0 Å². The fourth-order valence-electron chi connectivity index (χ4n) is 3.80. The van der Waals surface area contributed by atoms with E-state index >= 15 is 0 Å². The molecule has 0 saturated carbocycles. The maximum atomic E-state index is 12.5. The van der Waals surface area contributed by atoms with Crippen molar-refractivity contribution in [1.82, 2.24) is 24.4 Å². The van der Waals surface area contributed by atoms with Gasteiger partial charge in [0.05, 0.1) is 11.4 Å². The van der Waals surface area contributed by atoms with Gasteiger partial charge in [-0.25, -0.2) is 13.1 Å². The monoisotopic (exact) mass is 466 g/mol. The molecule has 0 bridgehead atoms. The topological polar surface area (TPSA) is 83.4 Å². The highest BCUT2D eigenvalue weighted by molar-refractivity contribution is 7.89. The Labute approximate surface area is 195 Å². The number of aromatic nitrogens is 3. The minimum atomic E-state index is -3.58. The van der Waals surface area contributed by atoms with E-state index < -0.39 is 10.0 Å². The zero-order valence-electron chi connectivity index (χ0n) is 19.1. The van der Waals surface area contributed by atoms with Crippen molar-refractivity contribution in [2.45, 2.75) is 24.4 Å². The number of benzene rings is 2. The first-order chi connectivity index (χ1) is 15.9. The second-order valence-corrected chi connectivity index (χ2v) is 10.0. The largest absolute Gasteiger partial charge is 0.378 e. The van der Waals surface area contributed by atoms with E-state index in [4.69, 9.17) is 0 Å². The van der Waals surface area contributed by atoms with E-state index in [1.807, 2.05) is 18.7 Å². The molecule has 2 heterocycles. The van der Waals surface area contributed by atoms with Gasteiger partial charge in [0.15, 0.2) is 0 Å². The molecule has 1 N–H and O–H groups in total. The van der Waals surface area contributed by atoms with Crippen LogP contribution >= 0.6 is 0 Å². The Morgan fingerprint density at radius 2 is 1.76 bits per heavy atom. The van der Waals surface area contributed by atoms with Crippen molar-refractivity contribution in [1.29, 1.82) is 0 Å². The van der Waals surface area contributed by atoms with Gasteiger partial charge in [-0.3, -0.25) is 4.90 Å². The standard InChI is InChI=1S/C24H30N6O2S/c1-28(2)21-12-10-20(11-13-21)7-6-15-29-16-14-23-26-27-24(30(23)18-17-29)19-25-33(31,32)22-8-4-3-5-9-22/h3-13,25H,14-19H2,1-2H3/b7-6+. The number of hydrogen-bond donors (Lipinski definition) is 1. The summed E-state index contributed by atoms with van der Waals surface area (Å²) in [5.41, 5.74) is 2.37. The lowest BCUT2D eigenvalue weighted by molar-refractivity contribution is 0.308. The normalized spacial score (nSPS) is 14.8. The quantitative estimate of drug-likeness (QED) is 0.549. The second kappa shape index (κ2) is 10.3. The van der Waals surface area contributed by atoms with Gasteiger partial charge in [-0.05, 0) is 29.8 Å². The summed E-state index contributed by atoms with van der Waals surface area (Å²) in [5, 5.41) is 8.54. The predicted octanol–water partition coefficient (Wildman–Crippen LogP) is 2.39. The minimum absolute atomic E-state index is 0.118. The third-order valence-corrected chi connectivity index (χ3v) is 7.17.